The minimum Gasteiger partial charge on any atom is -0.495 e. The molecule has 0 saturated heterocycles. The highest BCUT2D eigenvalue weighted by Crippen LogP contribution is 2.25. The number of hydrogen-bond acceptors (Lipinski definition) is 5. The van der Waals surface area contributed by atoms with Crippen molar-refractivity contribution in [2.75, 3.05) is 24.5 Å². The van der Waals surface area contributed by atoms with Crippen molar-refractivity contribution in [3.05, 3.63) is 82.8 Å². The van der Waals surface area contributed by atoms with E-state index in [1.807, 2.05) is 60.7 Å². The number of amides is 1. The fourth-order valence-corrected chi connectivity index (χ4v) is 3.08. The molecule has 0 heterocycles. The Hall–Kier alpha value is -3.03. The minimum atomic E-state index is -0.265. The van der Waals surface area contributed by atoms with Crippen LogP contribution >= 0.6 is 15.9 Å². The zero-order valence-electron chi connectivity index (χ0n) is 15.9. The normalized spacial score (nSPS) is 10.3. The molecule has 0 aliphatic heterocycles. The van der Waals surface area contributed by atoms with Crippen molar-refractivity contribution in [2.24, 2.45) is 0 Å². The number of ether oxygens (including phenoxy) is 2. The number of carbonyl (C=O) groups is 1. The minimum absolute atomic E-state index is 0.112. The van der Waals surface area contributed by atoms with Crippen molar-refractivity contribution in [1.82, 2.24) is 5.43 Å². The second kappa shape index (κ2) is 10.5. The zero-order valence-corrected chi connectivity index (χ0v) is 17.5. The third kappa shape index (κ3) is 6.23. The third-order valence-corrected chi connectivity index (χ3v) is 4.54. The summed E-state index contributed by atoms with van der Waals surface area (Å²) in [7, 11) is 1.56. The lowest BCUT2D eigenvalue weighted by atomic mass is 10.2. The molecule has 0 spiro atoms. The highest BCUT2D eigenvalue weighted by atomic mass is 79.9. The van der Waals surface area contributed by atoms with Gasteiger partial charge in [-0.2, -0.15) is 0 Å². The van der Waals surface area contributed by atoms with E-state index in [4.69, 9.17) is 9.47 Å². The molecule has 0 radical (unpaired) electrons. The monoisotopic (exact) mass is 455 g/mol. The molecule has 7 heteroatoms. The number of benzene rings is 3. The van der Waals surface area contributed by atoms with Gasteiger partial charge in [0, 0.05) is 22.3 Å². The van der Waals surface area contributed by atoms with Gasteiger partial charge in [-0.15, -0.1) is 0 Å². The number of para-hydroxylation sites is 3. The van der Waals surface area contributed by atoms with Gasteiger partial charge in [-0.3, -0.25) is 4.79 Å². The lowest BCUT2D eigenvalue weighted by Crippen LogP contribution is -2.23. The molecule has 0 aliphatic rings. The maximum absolute atomic E-state index is 12.3. The van der Waals surface area contributed by atoms with Crippen molar-refractivity contribution in [3.8, 4) is 11.5 Å². The summed E-state index contributed by atoms with van der Waals surface area (Å²) in [6.45, 7) is 0.399. The highest BCUT2D eigenvalue weighted by molar-refractivity contribution is 9.10. The van der Waals surface area contributed by atoms with Crippen LogP contribution in [-0.4, -0.2) is 19.6 Å². The Labute approximate surface area is 178 Å². The summed E-state index contributed by atoms with van der Waals surface area (Å²) in [6, 6.07) is 22.7. The van der Waals surface area contributed by atoms with Gasteiger partial charge >= 0.3 is 0 Å². The SMILES string of the molecule is COc1ccccc1NC(=O)COc1ccc(Br)cc1CNNc1ccccc1. The molecule has 0 aliphatic carbocycles. The van der Waals surface area contributed by atoms with Crippen molar-refractivity contribution in [1.29, 1.82) is 0 Å². The number of rotatable bonds is 9. The molecule has 29 heavy (non-hydrogen) atoms. The molecule has 0 bridgehead atoms. The predicted octanol–water partition coefficient (Wildman–Crippen LogP) is 4.59. The molecule has 3 rings (SSSR count). The van der Waals surface area contributed by atoms with Crippen molar-refractivity contribution in [2.45, 2.75) is 6.54 Å². The summed E-state index contributed by atoms with van der Waals surface area (Å²) in [5.74, 6) is 0.964. The van der Waals surface area contributed by atoms with Crippen molar-refractivity contribution in [3.63, 3.8) is 0 Å². The van der Waals surface area contributed by atoms with Gasteiger partial charge in [0.05, 0.1) is 12.8 Å². The first kappa shape index (κ1) is 20.7. The molecular weight excluding hydrogens is 434 g/mol. The molecule has 0 aromatic heterocycles. The molecule has 0 atom stereocenters. The summed E-state index contributed by atoms with van der Waals surface area (Å²) < 4.78 is 11.9. The summed E-state index contributed by atoms with van der Waals surface area (Å²) in [6.07, 6.45) is 0. The van der Waals surface area contributed by atoms with Gasteiger partial charge in [0.25, 0.3) is 5.91 Å². The lowest BCUT2D eigenvalue weighted by molar-refractivity contribution is -0.118. The molecule has 3 N–H and O–H groups in total. The van der Waals surface area contributed by atoms with Gasteiger partial charge in [0.2, 0.25) is 0 Å². The topological polar surface area (TPSA) is 71.6 Å². The van der Waals surface area contributed by atoms with E-state index in [2.05, 4.69) is 32.1 Å². The number of methoxy groups -OCH3 is 1. The quantitative estimate of drug-likeness (QED) is 0.411. The molecule has 0 fully saturated rings. The second-order valence-electron chi connectivity index (χ2n) is 6.13. The van der Waals surface area contributed by atoms with E-state index in [1.165, 1.54) is 0 Å². The van der Waals surface area contributed by atoms with Gasteiger partial charge in [-0.1, -0.05) is 46.3 Å². The molecule has 3 aromatic rings. The molecule has 150 valence electrons. The second-order valence-corrected chi connectivity index (χ2v) is 7.05. The molecular formula is C22H22BrN3O3. The van der Waals surface area contributed by atoms with Gasteiger partial charge in [-0.25, -0.2) is 5.43 Å². The van der Waals surface area contributed by atoms with Crippen LogP contribution in [0.1, 0.15) is 5.56 Å². The average Bonchev–Trinajstić information content (AvgIpc) is 2.74. The molecule has 6 nitrogen and oxygen atoms in total. The van der Waals surface area contributed by atoms with E-state index in [0.29, 0.717) is 23.7 Å². The smallest absolute Gasteiger partial charge is 0.262 e. The van der Waals surface area contributed by atoms with Gasteiger partial charge in [0.1, 0.15) is 11.5 Å². The number of anilines is 2. The Kier molecular flexibility index (Phi) is 7.49. The van der Waals surface area contributed by atoms with E-state index in [9.17, 15) is 4.79 Å². The lowest BCUT2D eigenvalue weighted by Gasteiger charge is -2.14. The third-order valence-electron chi connectivity index (χ3n) is 4.05. The van der Waals surface area contributed by atoms with Crippen LogP contribution in [0.3, 0.4) is 0 Å². The maximum Gasteiger partial charge on any atom is 0.262 e. The first-order valence-electron chi connectivity index (χ1n) is 9.04. The van der Waals surface area contributed by atoms with E-state index in [-0.39, 0.29) is 12.5 Å². The molecule has 0 unspecified atom stereocenters. The van der Waals surface area contributed by atoms with Gasteiger partial charge < -0.3 is 20.2 Å². The fourth-order valence-electron chi connectivity index (χ4n) is 2.67. The Bertz CT molecular complexity index is 951. The number of hydrazine groups is 1. The van der Waals surface area contributed by atoms with Crippen LogP contribution in [0.2, 0.25) is 0 Å². The van der Waals surface area contributed by atoms with Crippen LogP contribution in [0.25, 0.3) is 0 Å². The first-order chi connectivity index (χ1) is 14.2. The Balaban J connectivity index is 1.58. The summed E-state index contributed by atoms with van der Waals surface area (Å²) in [5, 5.41) is 2.80. The Morgan fingerprint density at radius 3 is 2.52 bits per heavy atom. The van der Waals surface area contributed by atoms with Crippen LogP contribution in [0.5, 0.6) is 11.5 Å². The number of halogens is 1. The maximum atomic E-state index is 12.3. The Morgan fingerprint density at radius 1 is 0.966 bits per heavy atom. The van der Waals surface area contributed by atoms with Crippen molar-refractivity contribution >= 4 is 33.2 Å². The number of hydrogen-bond donors (Lipinski definition) is 3. The first-order valence-corrected chi connectivity index (χ1v) is 9.83. The van der Waals surface area contributed by atoms with Crippen molar-refractivity contribution < 1.29 is 14.3 Å². The van der Waals surface area contributed by atoms with Crippen LogP contribution in [0.15, 0.2) is 77.3 Å². The van der Waals surface area contributed by atoms with Crippen LogP contribution in [-0.2, 0) is 11.3 Å². The molecule has 3 aromatic carbocycles. The fraction of sp³-hybridized carbons (Fsp3) is 0.136. The van der Waals surface area contributed by atoms with Gasteiger partial charge in [0.15, 0.2) is 6.61 Å². The Morgan fingerprint density at radius 2 is 1.72 bits per heavy atom. The summed E-state index contributed by atoms with van der Waals surface area (Å²) in [4.78, 5) is 12.3. The number of carbonyl (C=O) groups excluding carboxylic acids is 1. The highest BCUT2D eigenvalue weighted by Gasteiger charge is 2.10. The average molecular weight is 456 g/mol. The number of nitrogens with one attached hydrogen (secondary N) is 3. The van der Waals surface area contributed by atoms with Crippen LogP contribution < -0.4 is 25.6 Å². The summed E-state index contributed by atoms with van der Waals surface area (Å²) in [5.41, 5.74) is 8.77. The molecule has 0 saturated carbocycles. The molecule has 1 amide bonds. The van der Waals surface area contributed by atoms with E-state index < -0.39 is 0 Å². The van der Waals surface area contributed by atoms with E-state index in [0.717, 1.165) is 15.7 Å². The van der Waals surface area contributed by atoms with Gasteiger partial charge in [-0.05, 0) is 42.5 Å². The van der Waals surface area contributed by atoms with E-state index in [1.54, 1.807) is 19.2 Å². The van der Waals surface area contributed by atoms with E-state index >= 15 is 0 Å². The largest absolute Gasteiger partial charge is 0.495 e. The predicted molar refractivity (Wildman–Crippen MR) is 118 cm³/mol. The standard InChI is InChI=1S/C22H22BrN3O3/c1-28-21-10-6-5-9-19(21)25-22(27)15-29-20-12-11-17(23)13-16(20)14-24-26-18-7-3-2-4-8-18/h2-13,24,26H,14-15H2,1H3,(H,25,27). The zero-order chi connectivity index (χ0) is 20.5. The van der Waals surface area contributed by atoms with Crippen LogP contribution in [0, 0.1) is 0 Å². The summed E-state index contributed by atoms with van der Waals surface area (Å²) >= 11 is 3.48. The van der Waals surface area contributed by atoms with Crippen LogP contribution in [0.4, 0.5) is 11.4 Å².